The topological polar surface area (TPSA) is 96.9 Å². The van der Waals surface area contributed by atoms with Crippen LogP contribution >= 0.6 is 0 Å². The molecule has 116 valence electrons. The summed E-state index contributed by atoms with van der Waals surface area (Å²) in [5.41, 5.74) is 0.482. The van der Waals surface area contributed by atoms with Gasteiger partial charge in [0.25, 0.3) is 5.56 Å². The second kappa shape index (κ2) is 6.27. The highest BCUT2D eigenvalue weighted by atomic mass is 16.2. The van der Waals surface area contributed by atoms with E-state index in [9.17, 15) is 14.4 Å². The van der Waals surface area contributed by atoms with Gasteiger partial charge < -0.3 is 9.88 Å². The molecule has 0 spiro atoms. The second-order valence-corrected chi connectivity index (χ2v) is 4.98. The van der Waals surface area contributed by atoms with Crippen LogP contribution in [0, 0.1) is 0 Å². The third-order valence-corrected chi connectivity index (χ3v) is 3.40. The minimum Gasteiger partial charge on any atom is -0.325 e. The molecule has 0 aliphatic heterocycles. The number of carbonyl (C=O) groups is 1. The van der Waals surface area contributed by atoms with Crippen molar-refractivity contribution >= 4 is 22.5 Å². The maximum absolute atomic E-state index is 12.1. The maximum atomic E-state index is 12.1. The van der Waals surface area contributed by atoms with Crippen LogP contribution in [-0.2, 0) is 11.3 Å². The van der Waals surface area contributed by atoms with Gasteiger partial charge >= 0.3 is 5.69 Å². The lowest BCUT2D eigenvalue weighted by molar-refractivity contribution is -0.116. The van der Waals surface area contributed by atoms with E-state index >= 15 is 0 Å². The molecule has 0 unspecified atom stereocenters. The minimum absolute atomic E-state index is 0.114. The molecule has 0 aliphatic carbocycles. The molecule has 7 heteroatoms. The van der Waals surface area contributed by atoms with Crippen molar-refractivity contribution in [2.24, 2.45) is 0 Å². The fourth-order valence-corrected chi connectivity index (χ4v) is 2.27. The van der Waals surface area contributed by atoms with Crippen LogP contribution in [0.3, 0.4) is 0 Å². The maximum Gasteiger partial charge on any atom is 0.328 e. The molecule has 2 aromatic heterocycles. The number of hydrogen-bond acceptors (Lipinski definition) is 4. The van der Waals surface area contributed by atoms with Crippen LogP contribution in [0.15, 0.2) is 58.4 Å². The number of pyridine rings is 1. The zero-order chi connectivity index (χ0) is 16.2. The van der Waals surface area contributed by atoms with Crippen molar-refractivity contribution in [2.75, 3.05) is 5.32 Å². The second-order valence-electron chi connectivity index (χ2n) is 4.98. The van der Waals surface area contributed by atoms with Crippen LogP contribution < -0.4 is 16.6 Å². The summed E-state index contributed by atoms with van der Waals surface area (Å²) in [5.74, 6) is -0.223. The lowest BCUT2D eigenvalue weighted by atomic mass is 10.2. The first-order valence-electron chi connectivity index (χ1n) is 7.07. The lowest BCUT2D eigenvalue weighted by Crippen LogP contribution is -2.29. The summed E-state index contributed by atoms with van der Waals surface area (Å²) >= 11 is 0. The average molecular weight is 310 g/mol. The molecule has 7 nitrogen and oxygen atoms in total. The number of H-pyrrole nitrogens is 1. The molecule has 0 bridgehead atoms. The number of anilines is 1. The van der Waals surface area contributed by atoms with E-state index in [2.05, 4.69) is 15.3 Å². The predicted molar refractivity (Wildman–Crippen MR) is 86.3 cm³/mol. The number of rotatable bonds is 4. The Morgan fingerprint density at radius 3 is 2.87 bits per heavy atom. The molecule has 2 heterocycles. The van der Waals surface area contributed by atoms with Crippen LogP contribution in [0.2, 0.25) is 0 Å². The van der Waals surface area contributed by atoms with Crippen molar-refractivity contribution in [3.8, 4) is 0 Å². The Bertz CT molecular complexity index is 969. The molecular weight excluding hydrogens is 296 g/mol. The zero-order valence-electron chi connectivity index (χ0n) is 12.2. The monoisotopic (exact) mass is 310 g/mol. The van der Waals surface area contributed by atoms with E-state index in [0.29, 0.717) is 5.69 Å². The molecule has 0 radical (unpaired) electrons. The van der Waals surface area contributed by atoms with Gasteiger partial charge in [0.1, 0.15) is 0 Å². The molecule has 0 saturated carbocycles. The Morgan fingerprint density at radius 2 is 2.04 bits per heavy atom. The standard InChI is InChI=1S/C16H14N4O3/c21-14(6-9-20-10-7-15(22)19-16(20)23)18-13-5-1-4-12-11(13)3-2-8-17-12/h1-5,7-8,10H,6,9H2,(H,18,21)(H,19,22,23). The van der Waals surface area contributed by atoms with Crippen molar-refractivity contribution in [2.45, 2.75) is 13.0 Å². The highest BCUT2D eigenvalue weighted by molar-refractivity contribution is 6.00. The van der Waals surface area contributed by atoms with Gasteiger partial charge in [-0.2, -0.15) is 0 Å². The van der Waals surface area contributed by atoms with E-state index in [1.54, 1.807) is 18.3 Å². The summed E-state index contributed by atoms with van der Waals surface area (Å²) in [4.78, 5) is 41.0. The summed E-state index contributed by atoms with van der Waals surface area (Å²) in [6.07, 6.45) is 3.18. The quantitative estimate of drug-likeness (QED) is 0.754. The Kier molecular flexibility index (Phi) is 4.01. The first-order valence-corrected chi connectivity index (χ1v) is 7.07. The summed E-state index contributed by atoms with van der Waals surface area (Å²) in [6.45, 7) is 0.185. The minimum atomic E-state index is -0.528. The third kappa shape index (κ3) is 3.34. The Hall–Kier alpha value is -3.22. The van der Waals surface area contributed by atoms with Crippen LogP contribution in [0.25, 0.3) is 10.9 Å². The molecule has 1 aromatic carbocycles. The predicted octanol–water partition coefficient (Wildman–Crippen LogP) is 1.11. The van der Waals surface area contributed by atoms with Gasteiger partial charge in [0.15, 0.2) is 0 Å². The number of carbonyl (C=O) groups excluding carboxylic acids is 1. The summed E-state index contributed by atoms with van der Waals surface area (Å²) in [5, 5.41) is 3.67. The largest absolute Gasteiger partial charge is 0.328 e. The number of aromatic amines is 1. The van der Waals surface area contributed by atoms with E-state index in [4.69, 9.17) is 0 Å². The highest BCUT2D eigenvalue weighted by Gasteiger charge is 2.07. The number of aryl methyl sites for hydroxylation is 1. The molecule has 2 N–H and O–H groups in total. The molecule has 3 rings (SSSR count). The fraction of sp³-hybridized carbons (Fsp3) is 0.125. The van der Waals surface area contributed by atoms with Gasteiger partial charge in [-0.1, -0.05) is 6.07 Å². The van der Waals surface area contributed by atoms with Gasteiger partial charge in [0.2, 0.25) is 5.91 Å². The first-order chi connectivity index (χ1) is 11.1. The average Bonchev–Trinajstić information content (AvgIpc) is 2.54. The highest BCUT2D eigenvalue weighted by Crippen LogP contribution is 2.21. The third-order valence-electron chi connectivity index (χ3n) is 3.40. The molecule has 23 heavy (non-hydrogen) atoms. The van der Waals surface area contributed by atoms with Gasteiger partial charge in [-0.15, -0.1) is 0 Å². The van der Waals surface area contributed by atoms with Gasteiger partial charge in [0.05, 0.1) is 11.2 Å². The van der Waals surface area contributed by atoms with Gasteiger partial charge in [-0.25, -0.2) is 4.79 Å². The number of fused-ring (bicyclic) bond motifs is 1. The molecule has 0 fully saturated rings. The van der Waals surface area contributed by atoms with E-state index in [1.807, 2.05) is 18.2 Å². The van der Waals surface area contributed by atoms with E-state index in [1.165, 1.54) is 16.8 Å². The molecular formula is C16H14N4O3. The first kappa shape index (κ1) is 14.7. The van der Waals surface area contributed by atoms with E-state index in [-0.39, 0.29) is 18.9 Å². The lowest BCUT2D eigenvalue weighted by Gasteiger charge is -2.09. The van der Waals surface area contributed by atoms with E-state index < -0.39 is 11.2 Å². The number of hydrogen-bond donors (Lipinski definition) is 2. The van der Waals surface area contributed by atoms with Gasteiger partial charge in [0, 0.05) is 36.8 Å². The van der Waals surface area contributed by atoms with Crippen molar-refractivity contribution < 1.29 is 4.79 Å². The van der Waals surface area contributed by atoms with E-state index in [0.717, 1.165) is 10.9 Å². The van der Waals surface area contributed by atoms with Crippen LogP contribution in [0.4, 0.5) is 5.69 Å². The number of nitrogens with zero attached hydrogens (tertiary/aromatic N) is 2. The van der Waals surface area contributed by atoms with Crippen LogP contribution in [0.5, 0.6) is 0 Å². The Balaban J connectivity index is 1.72. The van der Waals surface area contributed by atoms with Gasteiger partial charge in [-0.3, -0.25) is 19.6 Å². The van der Waals surface area contributed by atoms with Crippen LogP contribution in [0.1, 0.15) is 6.42 Å². The number of benzene rings is 1. The summed E-state index contributed by atoms with van der Waals surface area (Å²) in [7, 11) is 0. The van der Waals surface area contributed by atoms with Crippen molar-refractivity contribution in [3.05, 3.63) is 69.6 Å². The van der Waals surface area contributed by atoms with Crippen molar-refractivity contribution in [1.29, 1.82) is 0 Å². The molecule has 0 saturated heterocycles. The zero-order valence-corrected chi connectivity index (χ0v) is 12.2. The SMILES string of the molecule is O=C(CCn1ccc(=O)[nH]c1=O)Nc1cccc2ncccc12. The van der Waals surface area contributed by atoms with Crippen molar-refractivity contribution in [1.82, 2.24) is 14.5 Å². The van der Waals surface area contributed by atoms with Crippen LogP contribution in [-0.4, -0.2) is 20.4 Å². The summed E-state index contributed by atoms with van der Waals surface area (Å²) in [6, 6.07) is 10.4. The smallest absolute Gasteiger partial charge is 0.325 e. The number of aromatic nitrogens is 3. The summed E-state index contributed by atoms with van der Waals surface area (Å²) < 4.78 is 1.28. The molecule has 3 aromatic rings. The number of nitrogens with one attached hydrogen (secondary N) is 2. The molecule has 0 aliphatic rings. The molecule has 1 amide bonds. The van der Waals surface area contributed by atoms with Crippen molar-refractivity contribution in [3.63, 3.8) is 0 Å². The van der Waals surface area contributed by atoms with Gasteiger partial charge in [-0.05, 0) is 24.3 Å². The molecule has 0 atom stereocenters. The normalized spacial score (nSPS) is 10.6. The fourth-order valence-electron chi connectivity index (χ4n) is 2.27. The number of amides is 1. The Morgan fingerprint density at radius 1 is 1.17 bits per heavy atom. The Labute approximate surface area is 130 Å².